The minimum atomic E-state index is -0.331. The Morgan fingerprint density at radius 1 is 1.21 bits per heavy atom. The Labute approximate surface area is 86.2 Å². The first-order chi connectivity index (χ1) is 6.77. The van der Waals surface area contributed by atoms with Crippen LogP contribution in [0.2, 0.25) is 5.02 Å². The monoisotopic (exact) mass is 207 g/mol. The van der Waals surface area contributed by atoms with Crippen molar-refractivity contribution < 1.29 is 4.39 Å². The molecular formula is C11H7ClFN. The molecule has 0 saturated heterocycles. The summed E-state index contributed by atoms with van der Waals surface area (Å²) in [7, 11) is 0. The molecule has 2 aromatic rings. The molecule has 1 nitrogen and oxygen atoms in total. The lowest BCUT2D eigenvalue weighted by Gasteiger charge is -2.02. The van der Waals surface area contributed by atoms with E-state index in [1.54, 1.807) is 18.5 Å². The smallest absolute Gasteiger partial charge is 0.124 e. The number of nitrogens with zero attached hydrogens (tertiary/aromatic N) is 1. The fourth-order valence-corrected chi connectivity index (χ4v) is 1.52. The fraction of sp³-hybridized carbons (Fsp3) is 0. The quantitative estimate of drug-likeness (QED) is 0.697. The molecule has 0 radical (unpaired) electrons. The second-order valence-corrected chi connectivity index (χ2v) is 3.27. The van der Waals surface area contributed by atoms with E-state index >= 15 is 0 Å². The Balaban J connectivity index is 2.53. The van der Waals surface area contributed by atoms with E-state index in [1.807, 2.05) is 12.1 Å². The summed E-state index contributed by atoms with van der Waals surface area (Å²) in [5.74, 6) is -0.331. The lowest BCUT2D eigenvalue weighted by atomic mass is 10.1. The Kier molecular flexibility index (Phi) is 2.46. The standard InChI is InChI=1S/C11H7ClFN/c12-11-6-9(13)3-4-10(11)8-2-1-5-14-7-8/h1-7H. The van der Waals surface area contributed by atoms with Crippen molar-refractivity contribution in [2.75, 3.05) is 0 Å². The molecule has 1 aromatic heterocycles. The van der Waals surface area contributed by atoms with Gasteiger partial charge in [-0.15, -0.1) is 0 Å². The highest BCUT2D eigenvalue weighted by atomic mass is 35.5. The van der Waals surface area contributed by atoms with Crippen molar-refractivity contribution in [3.05, 3.63) is 53.6 Å². The molecule has 2 rings (SSSR count). The molecular weight excluding hydrogens is 201 g/mol. The van der Waals surface area contributed by atoms with Crippen molar-refractivity contribution in [3.63, 3.8) is 0 Å². The summed E-state index contributed by atoms with van der Waals surface area (Å²) < 4.78 is 12.8. The van der Waals surface area contributed by atoms with E-state index in [-0.39, 0.29) is 5.82 Å². The highest BCUT2D eigenvalue weighted by molar-refractivity contribution is 6.33. The van der Waals surface area contributed by atoms with Crippen LogP contribution in [0.4, 0.5) is 4.39 Å². The van der Waals surface area contributed by atoms with Crippen LogP contribution < -0.4 is 0 Å². The van der Waals surface area contributed by atoms with E-state index < -0.39 is 0 Å². The van der Waals surface area contributed by atoms with Crippen molar-refractivity contribution >= 4 is 11.6 Å². The van der Waals surface area contributed by atoms with Crippen LogP contribution in [0.3, 0.4) is 0 Å². The number of aromatic nitrogens is 1. The highest BCUT2D eigenvalue weighted by Crippen LogP contribution is 2.27. The second-order valence-electron chi connectivity index (χ2n) is 2.87. The first-order valence-electron chi connectivity index (χ1n) is 4.13. The number of halogens is 2. The van der Waals surface area contributed by atoms with Gasteiger partial charge >= 0.3 is 0 Å². The van der Waals surface area contributed by atoms with Gasteiger partial charge in [-0.05, 0) is 24.3 Å². The molecule has 0 aliphatic rings. The molecule has 70 valence electrons. The Hall–Kier alpha value is -1.41. The SMILES string of the molecule is Fc1ccc(-c2cccnc2)c(Cl)c1. The summed E-state index contributed by atoms with van der Waals surface area (Å²) in [6.07, 6.45) is 3.38. The molecule has 0 fully saturated rings. The topological polar surface area (TPSA) is 12.9 Å². The molecule has 0 atom stereocenters. The first-order valence-corrected chi connectivity index (χ1v) is 4.50. The molecule has 0 spiro atoms. The Morgan fingerprint density at radius 3 is 2.71 bits per heavy atom. The molecule has 1 aromatic carbocycles. The lowest BCUT2D eigenvalue weighted by Crippen LogP contribution is -1.82. The second kappa shape index (κ2) is 3.76. The van der Waals surface area contributed by atoms with Crippen LogP contribution in [-0.4, -0.2) is 4.98 Å². The highest BCUT2D eigenvalue weighted by Gasteiger charge is 2.03. The molecule has 0 amide bonds. The number of benzene rings is 1. The van der Waals surface area contributed by atoms with Crippen molar-refractivity contribution in [1.82, 2.24) is 4.98 Å². The van der Waals surface area contributed by atoms with Crippen LogP contribution in [-0.2, 0) is 0 Å². The molecule has 0 aliphatic heterocycles. The molecule has 1 heterocycles. The maximum absolute atomic E-state index is 12.8. The van der Waals surface area contributed by atoms with E-state index in [0.717, 1.165) is 11.1 Å². The summed E-state index contributed by atoms with van der Waals surface area (Å²) >= 11 is 5.90. The minimum Gasteiger partial charge on any atom is -0.264 e. The maximum atomic E-state index is 12.8. The number of pyridine rings is 1. The number of hydrogen-bond acceptors (Lipinski definition) is 1. The van der Waals surface area contributed by atoms with Crippen LogP contribution in [0.5, 0.6) is 0 Å². The average Bonchev–Trinajstić information content (AvgIpc) is 2.19. The van der Waals surface area contributed by atoms with Crippen molar-refractivity contribution in [2.24, 2.45) is 0 Å². The van der Waals surface area contributed by atoms with Crippen LogP contribution >= 0.6 is 11.6 Å². The third kappa shape index (κ3) is 1.75. The summed E-state index contributed by atoms with van der Waals surface area (Å²) in [4.78, 5) is 3.97. The number of rotatable bonds is 1. The first kappa shape index (κ1) is 9.16. The number of hydrogen-bond donors (Lipinski definition) is 0. The predicted octanol–water partition coefficient (Wildman–Crippen LogP) is 3.54. The third-order valence-electron chi connectivity index (χ3n) is 1.90. The lowest BCUT2D eigenvalue weighted by molar-refractivity contribution is 0.628. The van der Waals surface area contributed by atoms with Crippen LogP contribution in [0.1, 0.15) is 0 Å². The van der Waals surface area contributed by atoms with Gasteiger partial charge in [-0.3, -0.25) is 4.98 Å². The van der Waals surface area contributed by atoms with E-state index in [9.17, 15) is 4.39 Å². The molecule has 3 heteroatoms. The van der Waals surface area contributed by atoms with Crippen molar-refractivity contribution in [1.29, 1.82) is 0 Å². The van der Waals surface area contributed by atoms with Gasteiger partial charge < -0.3 is 0 Å². The molecule has 0 aliphatic carbocycles. The fourth-order valence-electron chi connectivity index (χ4n) is 1.25. The molecule has 0 N–H and O–H groups in total. The van der Waals surface area contributed by atoms with Crippen molar-refractivity contribution in [3.8, 4) is 11.1 Å². The van der Waals surface area contributed by atoms with Gasteiger partial charge in [-0.1, -0.05) is 17.7 Å². The van der Waals surface area contributed by atoms with Gasteiger partial charge in [0.2, 0.25) is 0 Å². The van der Waals surface area contributed by atoms with Gasteiger partial charge in [0, 0.05) is 23.5 Å². The van der Waals surface area contributed by atoms with Gasteiger partial charge in [0.25, 0.3) is 0 Å². The van der Waals surface area contributed by atoms with E-state index in [0.29, 0.717) is 5.02 Å². The maximum Gasteiger partial charge on any atom is 0.124 e. The van der Waals surface area contributed by atoms with Gasteiger partial charge in [0.15, 0.2) is 0 Å². The summed E-state index contributed by atoms with van der Waals surface area (Å²) in [5.41, 5.74) is 1.68. The Bertz CT molecular complexity index is 442. The van der Waals surface area contributed by atoms with Gasteiger partial charge in [0.05, 0.1) is 5.02 Å². The van der Waals surface area contributed by atoms with Crippen LogP contribution in [0.15, 0.2) is 42.7 Å². The van der Waals surface area contributed by atoms with Crippen LogP contribution in [0, 0.1) is 5.82 Å². The predicted molar refractivity (Wildman–Crippen MR) is 54.6 cm³/mol. The zero-order valence-electron chi connectivity index (χ0n) is 7.24. The Morgan fingerprint density at radius 2 is 2.07 bits per heavy atom. The van der Waals surface area contributed by atoms with Crippen molar-refractivity contribution in [2.45, 2.75) is 0 Å². The normalized spacial score (nSPS) is 10.1. The van der Waals surface area contributed by atoms with E-state index in [2.05, 4.69) is 4.98 Å². The minimum absolute atomic E-state index is 0.331. The largest absolute Gasteiger partial charge is 0.264 e. The summed E-state index contributed by atoms with van der Waals surface area (Å²) in [6.45, 7) is 0. The third-order valence-corrected chi connectivity index (χ3v) is 2.22. The van der Waals surface area contributed by atoms with Crippen LogP contribution in [0.25, 0.3) is 11.1 Å². The molecule has 0 saturated carbocycles. The molecule has 0 unspecified atom stereocenters. The van der Waals surface area contributed by atoms with E-state index in [1.165, 1.54) is 12.1 Å². The molecule has 14 heavy (non-hydrogen) atoms. The van der Waals surface area contributed by atoms with Gasteiger partial charge in [0.1, 0.15) is 5.82 Å². The average molecular weight is 208 g/mol. The van der Waals surface area contributed by atoms with E-state index in [4.69, 9.17) is 11.6 Å². The zero-order valence-corrected chi connectivity index (χ0v) is 8.00. The summed E-state index contributed by atoms with van der Waals surface area (Å²) in [5, 5.41) is 0.401. The van der Waals surface area contributed by atoms with Gasteiger partial charge in [-0.25, -0.2) is 4.39 Å². The zero-order chi connectivity index (χ0) is 9.97. The summed E-state index contributed by atoms with van der Waals surface area (Å²) in [6, 6.07) is 8.02. The molecule has 0 bridgehead atoms. The van der Waals surface area contributed by atoms with Gasteiger partial charge in [-0.2, -0.15) is 0 Å².